The van der Waals surface area contributed by atoms with Gasteiger partial charge in [-0.15, -0.1) is 23.7 Å². The molecule has 0 unspecified atom stereocenters. The van der Waals surface area contributed by atoms with Crippen molar-refractivity contribution in [3.63, 3.8) is 0 Å². The highest BCUT2D eigenvalue weighted by molar-refractivity contribution is 7.20. The van der Waals surface area contributed by atoms with Crippen LogP contribution in [0.3, 0.4) is 0 Å². The fraction of sp³-hybridized carbons (Fsp3) is 0.529. The molecule has 0 radical (unpaired) electrons. The topological polar surface area (TPSA) is 45.2 Å². The van der Waals surface area contributed by atoms with Crippen LogP contribution in [0.4, 0.5) is 0 Å². The molecule has 5 rings (SSSR count). The first kappa shape index (κ1) is 16.7. The minimum atomic E-state index is 0. The number of fused-ring (bicyclic) bond motifs is 4. The van der Waals surface area contributed by atoms with Crippen molar-refractivity contribution >= 4 is 39.9 Å². The van der Waals surface area contributed by atoms with Gasteiger partial charge in [-0.1, -0.05) is 6.07 Å². The molecule has 3 aliphatic rings. The van der Waals surface area contributed by atoms with Gasteiger partial charge in [-0.2, -0.15) is 0 Å². The van der Waals surface area contributed by atoms with E-state index in [-0.39, 0.29) is 29.9 Å². The van der Waals surface area contributed by atoms with Crippen LogP contribution < -0.4 is 5.32 Å². The predicted octanol–water partition coefficient (Wildman–Crippen LogP) is 3.32. The molecule has 2 bridgehead atoms. The molecule has 23 heavy (non-hydrogen) atoms. The number of hydrogen-bond donors (Lipinski definition) is 1. The van der Waals surface area contributed by atoms with Crippen LogP contribution in [0.25, 0.3) is 10.2 Å². The number of carbonyl (C=O) groups is 1. The first-order chi connectivity index (χ1) is 10.6. The molecule has 0 aromatic carbocycles. The Morgan fingerprint density at radius 2 is 2.13 bits per heavy atom. The quantitative estimate of drug-likeness (QED) is 0.902. The zero-order chi connectivity index (χ0) is 15.3. The number of hydrogen-bond acceptors (Lipinski definition) is 4. The molecule has 5 heterocycles. The van der Waals surface area contributed by atoms with E-state index in [4.69, 9.17) is 0 Å². The van der Waals surface area contributed by atoms with Crippen molar-refractivity contribution in [2.75, 3.05) is 13.1 Å². The SMILES string of the molecule is CC1(C)[C@H](NC(=O)c2cc3cccnc3s2)C2CCN1CC2.Cl. The Bertz CT molecular complexity index is 688. The van der Waals surface area contributed by atoms with Crippen molar-refractivity contribution in [3.05, 3.63) is 29.3 Å². The molecule has 4 nitrogen and oxygen atoms in total. The third kappa shape index (κ3) is 2.75. The Hall–Kier alpha value is -1.17. The van der Waals surface area contributed by atoms with Gasteiger partial charge < -0.3 is 5.32 Å². The zero-order valence-corrected chi connectivity index (χ0v) is 15.0. The number of nitrogens with zero attached hydrogens (tertiary/aromatic N) is 2. The van der Waals surface area contributed by atoms with Gasteiger partial charge in [0.05, 0.1) is 4.88 Å². The third-order valence-electron chi connectivity index (χ3n) is 5.39. The second-order valence-electron chi connectivity index (χ2n) is 6.94. The average Bonchev–Trinajstić information content (AvgIpc) is 2.95. The monoisotopic (exact) mass is 351 g/mol. The summed E-state index contributed by atoms with van der Waals surface area (Å²) in [6.45, 7) is 6.85. The van der Waals surface area contributed by atoms with Crippen LogP contribution in [0.1, 0.15) is 36.4 Å². The molecule has 1 N–H and O–H groups in total. The van der Waals surface area contributed by atoms with Gasteiger partial charge in [0.25, 0.3) is 5.91 Å². The minimum Gasteiger partial charge on any atom is -0.346 e. The molecular formula is C17H22ClN3OS. The minimum absolute atomic E-state index is 0. The second-order valence-corrected chi connectivity index (χ2v) is 7.97. The number of amides is 1. The lowest BCUT2D eigenvalue weighted by Gasteiger charge is -2.56. The van der Waals surface area contributed by atoms with Crippen molar-refractivity contribution < 1.29 is 4.79 Å². The second kappa shape index (κ2) is 6.04. The van der Waals surface area contributed by atoms with E-state index in [1.165, 1.54) is 24.2 Å². The maximum Gasteiger partial charge on any atom is 0.261 e. The lowest BCUT2D eigenvalue weighted by molar-refractivity contribution is -0.0377. The molecule has 0 saturated carbocycles. The van der Waals surface area contributed by atoms with Gasteiger partial charge in [0.1, 0.15) is 4.83 Å². The largest absolute Gasteiger partial charge is 0.346 e. The Balaban J connectivity index is 0.00000156. The molecule has 3 fully saturated rings. The van der Waals surface area contributed by atoms with Crippen LogP contribution >= 0.6 is 23.7 Å². The fourth-order valence-electron chi connectivity index (χ4n) is 4.07. The predicted molar refractivity (Wildman–Crippen MR) is 96.5 cm³/mol. The van der Waals surface area contributed by atoms with Gasteiger partial charge in [0.2, 0.25) is 0 Å². The van der Waals surface area contributed by atoms with Crippen LogP contribution in [-0.2, 0) is 0 Å². The lowest BCUT2D eigenvalue weighted by Crippen LogP contribution is -2.69. The van der Waals surface area contributed by atoms with E-state index in [9.17, 15) is 4.79 Å². The molecule has 6 heteroatoms. The van der Waals surface area contributed by atoms with Crippen LogP contribution in [-0.4, -0.2) is 40.5 Å². The lowest BCUT2D eigenvalue weighted by atomic mass is 9.72. The van der Waals surface area contributed by atoms with Crippen molar-refractivity contribution in [2.45, 2.75) is 38.3 Å². The molecule has 124 valence electrons. The molecule has 3 saturated heterocycles. The highest BCUT2D eigenvalue weighted by Gasteiger charge is 2.48. The third-order valence-corrected chi connectivity index (χ3v) is 6.45. The number of nitrogens with one attached hydrogen (secondary N) is 1. The Kier molecular flexibility index (Phi) is 4.38. The fourth-order valence-corrected chi connectivity index (χ4v) is 4.98. The van der Waals surface area contributed by atoms with Gasteiger partial charge in [0, 0.05) is 23.2 Å². The summed E-state index contributed by atoms with van der Waals surface area (Å²) in [5.74, 6) is 0.659. The van der Waals surface area contributed by atoms with E-state index in [0.717, 1.165) is 28.2 Å². The van der Waals surface area contributed by atoms with Gasteiger partial charge in [-0.3, -0.25) is 9.69 Å². The Morgan fingerprint density at radius 3 is 2.78 bits per heavy atom. The molecular weight excluding hydrogens is 330 g/mol. The maximum atomic E-state index is 12.7. The van der Waals surface area contributed by atoms with Crippen LogP contribution in [0, 0.1) is 5.92 Å². The first-order valence-electron chi connectivity index (χ1n) is 7.96. The van der Waals surface area contributed by atoms with E-state index < -0.39 is 0 Å². The number of halogens is 1. The van der Waals surface area contributed by atoms with Crippen molar-refractivity contribution in [2.24, 2.45) is 5.92 Å². The van der Waals surface area contributed by atoms with E-state index in [1.54, 1.807) is 6.20 Å². The molecule has 3 aliphatic heterocycles. The normalized spacial score (nSPS) is 28.3. The van der Waals surface area contributed by atoms with Crippen molar-refractivity contribution in [3.8, 4) is 0 Å². The van der Waals surface area contributed by atoms with Gasteiger partial charge in [0.15, 0.2) is 0 Å². The van der Waals surface area contributed by atoms with E-state index in [1.807, 2.05) is 18.2 Å². The van der Waals surface area contributed by atoms with Crippen molar-refractivity contribution in [1.29, 1.82) is 0 Å². The summed E-state index contributed by atoms with van der Waals surface area (Å²) in [6.07, 6.45) is 4.17. The van der Waals surface area contributed by atoms with Gasteiger partial charge >= 0.3 is 0 Å². The zero-order valence-electron chi connectivity index (χ0n) is 13.4. The molecule has 0 aliphatic carbocycles. The number of piperidine rings is 3. The Morgan fingerprint density at radius 1 is 1.39 bits per heavy atom. The van der Waals surface area contributed by atoms with Crippen LogP contribution in [0.2, 0.25) is 0 Å². The highest BCUT2D eigenvalue weighted by Crippen LogP contribution is 2.39. The number of aromatic nitrogens is 1. The number of pyridine rings is 1. The van der Waals surface area contributed by atoms with E-state index in [0.29, 0.717) is 5.92 Å². The average molecular weight is 352 g/mol. The summed E-state index contributed by atoms with van der Waals surface area (Å²) in [6, 6.07) is 6.11. The molecule has 1 amide bonds. The van der Waals surface area contributed by atoms with E-state index in [2.05, 4.69) is 29.0 Å². The van der Waals surface area contributed by atoms with Gasteiger partial charge in [-0.05, 0) is 57.8 Å². The summed E-state index contributed by atoms with van der Waals surface area (Å²) in [5, 5.41) is 4.37. The summed E-state index contributed by atoms with van der Waals surface area (Å²) in [5.41, 5.74) is 0.0474. The molecule has 2 aromatic rings. The highest BCUT2D eigenvalue weighted by atomic mass is 35.5. The smallest absolute Gasteiger partial charge is 0.261 e. The molecule has 1 atom stereocenters. The number of rotatable bonds is 2. The van der Waals surface area contributed by atoms with Crippen LogP contribution in [0.5, 0.6) is 0 Å². The van der Waals surface area contributed by atoms with E-state index >= 15 is 0 Å². The van der Waals surface area contributed by atoms with Crippen LogP contribution in [0.15, 0.2) is 24.4 Å². The number of thiophene rings is 1. The summed E-state index contributed by atoms with van der Waals surface area (Å²) in [7, 11) is 0. The summed E-state index contributed by atoms with van der Waals surface area (Å²) < 4.78 is 0. The summed E-state index contributed by atoms with van der Waals surface area (Å²) >= 11 is 1.48. The Labute approximate surface area is 146 Å². The molecule has 2 aromatic heterocycles. The standard InChI is InChI=1S/C17H21N3OS.ClH/c1-17(2)14(11-5-8-20(17)9-6-11)19-15(21)13-10-12-4-3-7-18-16(12)22-13;/h3-4,7,10-11,14H,5-6,8-9H2,1-2H3,(H,19,21);1H/t14-;/m1./s1. The van der Waals surface area contributed by atoms with Crippen molar-refractivity contribution in [1.82, 2.24) is 15.2 Å². The summed E-state index contributed by atoms with van der Waals surface area (Å²) in [4.78, 5) is 21.2. The maximum absolute atomic E-state index is 12.7. The number of carbonyl (C=O) groups excluding carboxylic acids is 1. The van der Waals surface area contributed by atoms with Gasteiger partial charge in [-0.25, -0.2) is 4.98 Å². The first-order valence-corrected chi connectivity index (χ1v) is 8.78. The molecule has 0 spiro atoms.